The molecule has 1 saturated heterocycles. The summed E-state index contributed by atoms with van der Waals surface area (Å²) >= 11 is 3.61. The lowest BCUT2D eigenvalue weighted by molar-refractivity contribution is -0.145. The van der Waals surface area contributed by atoms with Crippen LogP contribution in [-0.2, 0) is 14.3 Å². The van der Waals surface area contributed by atoms with E-state index < -0.39 is 0 Å². The third kappa shape index (κ3) is 1.59. The number of fused-ring (bicyclic) bond motifs is 1. The number of amides is 1. The average Bonchev–Trinajstić information content (AvgIpc) is 3.04. The van der Waals surface area contributed by atoms with Gasteiger partial charge in [0.15, 0.2) is 0 Å². The van der Waals surface area contributed by atoms with Crippen molar-refractivity contribution in [3.63, 3.8) is 0 Å². The second-order valence-corrected chi connectivity index (χ2v) is 6.87. The van der Waals surface area contributed by atoms with E-state index >= 15 is 0 Å². The van der Waals surface area contributed by atoms with Gasteiger partial charge in [-0.15, -0.1) is 0 Å². The predicted molar refractivity (Wildman–Crippen MR) is 76.2 cm³/mol. The molecule has 20 heavy (non-hydrogen) atoms. The number of hydrogen-bond donors (Lipinski definition) is 1. The number of nitrogens with one attached hydrogen (secondary N) is 1. The molecule has 4 rings (SSSR count). The van der Waals surface area contributed by atoms with Gasteiger partial charge in [0.1, 0.15) is 6.10 Å². The lowest BCUT2D eigenvalue weighted by Crippen LogP contribution is -2.40. The van der Waals surface area contributed by atoms with Gasteiger partial charge in [0, 0.05) is 11.6 Å². The largest absolute Gasteiger partial charge is 0.461 e. The van der Waals surface area contributed by atoms with Crippen LogP contribution in [0.4, 0.5) is 5.69 Å². The number of alkyl halides is 1. The molecule has 4 nitrogen and oxygen atoms in total. The van der Waals surface area contributed by atoms with Crippen molar-refractivity contribution >= 4 is 33.5 Å². The van der Waals surface area contributed by atoms with Gasteiger partial charge in [0.2, 0.25) is 5.91 Å². The standard InChI is InChI=1S/C15H14BrNO3/c16-12-8-6-9-11(15(19)20-13(9)12)10(8)14(18)17-7-4-2-1-3-5-7/h1-5,8-13H,6H2,(H,17,18)/t8-,9-,10-,11-,12-,13+/m1/s1. The van der Waals surface area contributed by atoms with E-state index in [-0.39, 0.29) is 46.5 Å². The number of carbonyl (C=O) groups excluding carboxylic acids is 2. The molecule has 104 valence electrons. The van der Waals surface area contributed by atoms with Gasteiger partial charge in [-0.05, 0) is 24.5 Å². The summed E-state index contributed by atoms with van der Waals surface area (Å²) in [6.45, 7) is 0. The van der Waals surface area contributed by atoms with Gasteiger partial charge in [-0.3, -0.25) is 9.59 Å². The highest BCUT2D eigenvalue weighted by atomic mass is 79.9. The maximum atomic E-state index is 12.5. The number of halogens is 1. The van der Waals surface area contributed by atoms with Crippen LogP contribution in [0.2, 0.25) is 0 Å². The summed E-state index contributed by atoms with van der Waals surface area (Å²) in [5.74, 6) is -0.361. The van der Waals surface area contributed by atoms with E-state index in [2.05, 4.69) is 21.2 Å². The first kappa shape index (κ1) is 12.4. The SMILES string of the molecule is O=C(Nc1ccccc1)[C@@H]1[C@H]2C[C@H]3[C@H](OC(=O)[C@H]31)[C@@H]2Br. The summed E-state index contributed by atoms with van der Waals surface area (Å²) in [6, 6.07) is 9.37. The number of benzene rings is 1. The van der Waals surface area contributed by atoms with Crippen LogP contribution in [0.15, 0.2) is 30.3 Å². The molecule has 2 aliphatic carbocycles. The molecule has 0 spiro atoms. The Bertz CT molecular complexity index is 576. The lowest BCUT2D eigenvalue weighted by Gasteiger charge is -2.27. The second kappa shape index (κ2) is 4.32. The number of rotatable bonds is 2. The van der Waals surface area contributed by atoms with Crippen LogP contribution in [0.3, 0.4) is 0 Å². The number of carbonyl (C=O) groups is 2. The van der Waals surface area contributed by atoms with Crippen molar-refractivity contribution in [1.29, 1.82) is 0 Å². The molecule has 2 saturated carbocycles. The molecule has 2 bridgehead atoms. The van der Waals surface area contributed by atoms with Gasteiger partial charge in [-0.2, -0.15) is 0 Å². The Labute approximate surface area is 125 Å². The normalized spacial score (nSPS) is 40.8. The Morgan fingerprint density at radius 1 is 1.25 bits per heavy atom. The van der Waals surface area contributed by atoms with E-state index in [0.717, 1.165) is 12.1 Å². The summed E-state index contributed by atoms with van der Waals surface area (Å²) in [5, 5.41) is 2.93. The van der Waals surface area contributed by atoms with Crippen LogP contribution in [-0.4, -0.2) is 22.8 Å². The Morgan fingerprint density at radius 2 is 2.00 bits per heavy atom. The van der Waals surface area contributed by atoms with Crippen LogP contribution < -0.4 is 5.32 Å². The van der Waals surface area contributed by atoms with Crippen LogP contribution in [0, 0.1) is 23.7 Å². The molecule has 5 heteroatoms. The quantitative estimate of drug-likeness (QED) is 0.665. The number of ether oxygens (including phenoxy) is 1. The molecule has 3 aliphatic rings. The first-order valence-corrected chi connectivity index (χ1v) is 7.79. The summed E-state index contributed by atoms with van der Waals surface area (Å²) in [5.41, 5.74) is 0.773. The molecule has 1 amide bonds. The van der Waals surface area contributed by atoms with Gasteiger partial charge in [-0.25, -0.2) is 0 Å². The Morgan fingerprint density at radius 3 is 2.75 bits per heavy atom. The van der Waals surface area contributed by atoms with E-state index in [1.807, 2.05) is 30.3 Å². The maximum Gasteiger partial charge on any atom is 0.310 e. The van der Waals surface area contributed by atoms with Crippen LogP contribution in [0.25, 0.3) is 0 Å². The van der Waals surface area contributed by atoms with E-state index in [9.17, 15) is 9.59 Å². The summed E-state index contributed by atoms with van der Waals surface area (Å²) in [6.07, 6.45) is 0.877. The molecule has 6 atom stereocenters. The fourth-order valence-corrected chi connectivity index (χ4v) is 5.12. The van der Waals surface area contributed by atoms with Gasteiger partial charge >= 0.3 is 5.97 Å². The smallest absolute Gasteiger partial charge is 0.310 e. The van der Waals surface area contributed by atoms with Gasteiger partial charge in [-0.1, -0.05) is 34.1 Å². The molecule has 0 radical (unpaired) electrons. The molecular weight excluding hydrogens is 322 g/mol. The monoisotopic (exact) mass is 335 g/mol. The Hall–Kier alpha value is -1.36. The minimum absolute atomic E-state index is 0.0294. The number of para-hydroxylation sites is 1. The van der Waals surface area contributed by atoms with E-state index in [1.165, 1.54) is 0 Å². The molecule has 1 N–H and O–H groups in total. The fraction of sp³-hybridized carbons (Fsp3) is 0.467. The van der Waals surface area contributed by atoms with Crippen molar-refractivity contribution in [3.05, 3.63) is 30.3 Å². The van der Waals surface area contributed by atoms with Crippen molar-refractivity contribution in [2.24, 2.45) is 23.7 Å². The second-order valence-electron chi connectivity index (χ2n) is 5.82. The number of hydrogen-bond acceptors (Lipinski definition) is 3. The topological polar surface area (TPSA) is 55.4 Å². The highest BCUT2D eigenvalue weighted by Crippen LogP contribution is 2.59. The highest BCUT2D eigenvalue weighted by Gasteiger charge is 2.67. The van der Waals surface area contributed by atoms with Crippen LogP contribution in [0.1, 0.15) is 6.42 Å². The molecule has 1 aromatic carbocycles. The Balaban J connectivity index is 1.60. The first-order valence-electron chi connectivity index (χ1n) is 6.87. The summed E-state index contributed by atoms with van der Waals surface area (Å²) < 4.78 is 5.42. The molecule has 0 unspecified atom stereocenters. The summed E-state index contributed by atoms with van der Waals surface area (Å²) in [4.78, 5) is 24.6. The van der Waals surface area contributed by atoms with Gasteiger partial charge in [0.25, 0.3) is 0 Å². The van der Waals surface area contributed by atoms with Gasteiger partial charge < -0.3 is 10.1 Å². The molecular formula is C15H14BrNO3. The van der Waals surface area contributed by atoms with Crippen molar-refractivity contribution in [2.45, 2.75) is 17.4 Å². The molecule has 1 heterocycles. The number of esters is 1. The molecule has 1 aromatic rings. The van der Waals surface area contributed by atoms with Crippen molar-refractivity contribution in [3.8, 4) is 0 Å². The zero-order chi connectivity index (χ0) is 13.9. The third-order valence-corrected chi connectivity index (χ3v) is 6.07. The maximum absolute atomic E-state index is 12.5. The molecule has 3 fully saturated rings. The molecule has 0 aromatic heterocycles. The van der Waals surface area contributed by atoms with E-state index in [4.69, 9.17) is 4.74 Å². The van der Waals surface area contributed by atoms with Crippen molar-refractivity contribution in [1.82, 2.24) is 0 Å². The highest BCUT2D eigenvalue weighted by molar-refractivity contribution is 9.09. The van der Waals surface area contributed by atoms with E-state index in [0.29, 0.717) is 0 Å². The zero-order valence-corrected chi connectivity index (χ0v) is 12.2. The van der Waals surface area contributed by atoms with Crippen molar-refractivity contribution in [2.75, 3.05) is 5.32 Å². The van der Waals surface area contributed by atoms with Gasteiger partial charge in [0.05, 0.1) is 16.7 Å². The fourth-order valence-electron chi connectivity index (χ4n) is 4.08. The average molecular weight is 336 g/mol. The summed E-state index contributed by atoms with van der Waals surface area (Å²) in [7, 11) is 0. The first-order chi connectivity index (χ1) is 9.66. The van der Waals surface area contributed by atoms with Crippen LogP contribution in [0.5, 0.6) is 0 Å². The lowest BCUT2D eigenvalue weighted by atomic mass is 9.79. The number of anilines is 1. The predicted octanol–water partition coefficient (Wildman–Crippen LogP) is 2.20. The van der Waals surface area contributed by atoms with Crippen LogP contribution >= 0.6 is 15.9 Å². The third-order valence-electron chi connectivity index (χ3n) is 4.87. The Kier molecular flexibility index (Phi) is 2.67. The minimum Gasteiger partial charge on any atom is -0.461 e. The minimum atomic E-state index is -0.268. The van der Waals surface area contributed by atoms with E-state index in [1.54, 1.807) is 0 Å². The molecule has 1 aliphatic heterocycles. The van der Waals surface area contributed by atoms with Crippen molar-refractivity contribution < 1.29 is 14.3 Å². The zero-order valence-electron chi connectivity index (χ0n) is 10.7.